The molecule has 2 heterocycles. The van der Waals surface area contributed by atoms with Crippen LogP contribution in [0.3, 0.4) is 0 Å². The smallest absolute Gasteiger partial charge is 0.219 e. The number of hydrogen-bond acceptors (Lipinski definition) is 5. The Balaban J connectivity index is 0.00000341. The summed E-state index contributed by atoms with van der Waals surface area (Å²) >= 11 is 1.55. The third-order valence-electron chi connectivity index (χ3n) is 4.34. The monoisotopic (exact) mass is 556 g/mol. The quantitative estimate of drug-likeness (QED) is 0.214. The lowest BCUT2D eigenvalue weighted by Gasteiger charge is -2.24. The Morgan fingerprint density at radius 1 is 1.19 bits per heavy atom. The summed E-state index contributed by atoms with van der Waals surface area (Å²) in [5.41, 5.74) is 0.789. The fourth-order valence-corrected chi connectivity index (χ4v) is 3.41. The molecule has 0 saturated carbocycles. The van der Waals surface area contributed by atoms with Crippen LogP contribution in [0.1, 0.15) is 25.0 Å². The fraction of sp³-hybridized carbons (Fsp3) is 0.273. The van der Waals surface area contributed by atoms with Gasteiger partial charge in [0, 0.05) is 18.8 Å². The van der Waals surface area contributed by atoms with Crippen LogP contribution in [0.4, 0.5) is 4.39 Å². The van der Waals surface area contributed by atoms with Gasteiger partial charge in [0.2, 0.25) is 5.88 Å². The van der Waals surface area contributed by atoms with Crippen molar-refractivity contribution in [2.24, 2.45) is 4.99 Å². The zero-order valence-electron chi connectivity index (χ0n) is 17.3. The summed E-state index contributed by atoms with van der Waals surface area (Å²) in [5.74, 6) is 1.24. The second-order valence-corrected chi connectivity index (χ2v) is 7.68. The van der Waals surface area contributed by atoms with Crippen LogP contribution in [0.15, 0.2) is 64.4 Å². The Bertz CT molecular complexity index is 949. The molecule has 31 heavy (non-hydrogen) atoms. The predicted molar refractivity (Wildman–Crippen MR) is 133 cm³/mol. The molecule has 0 aliphatic rings. The molecule has 3 N–H and O–H groups in total. The van der Waals surface area contributed by atoms with Crippen LogP contribution in [0.25, 0.3) is 0 Å². The van der Waals surface area contributed by atoms with E-state index in [0.717, 1.165) is 11.1 Å². The van der Waals surface area contributed by atoms with Crippen LogP contribution >= 0.6 is 35.3 Å². The lowest BCUT2D eigenvalue weighted by atomic mass is 9.99. The number of ether oxygens (including phenoxy) is 1. The molecule has 0 bridgehead atoms. The van der Waals surface area contributed by atoms with Crippen molar-refractivity contribution < 1.29 is 14.2 Å². The number of rotatable bonds is 8. The normalized spacial score (nSPS) is 13.1. The summed E-state index contributed by atoms with van der Waals surface area (Å²) in [7, 11) is 0. The topological polar surface area (TPSA) is 78.8 Å². The maximum Gasteiger partial charge on any atom is 0.219 e. The molecule has 1 atom stereocenters. The Morgan fingerprint density at radius 2 is 1.97 bits per heavy atom. The molecule has 0 aliphatic carbocycles. The van der Waals surface area contributed by atoms with Crippen LogP contribution in [0, 0.1) is 5.82 Å². The minimum atomic E-state index is -0.989. The summed E-state index contributed by atoms with van der Waals surface area (Å²) in [5, 5.41) is 20.9. The number of thiophene rings is 1. The number of nitrogens with zero attached hydrogens (tertiary/aromatic N) is 2. The van der Waals surface area contributed by atoms with E-state index in [-0.39, 0.29) is 29.8 Å². The molecule has 2 aromatic heterocycles. The van der Waals surface area contributed by atoms with Gasteiger partial charge in [-0.25, -0.2) is 14.4 Å². The van der Waals surface area contributed by atoms with Gasteiger partial charge in [0.1, 0.15) is 17.2 Å². The Hall–Kier alpha value is -2.24. The van der Waals surface area contributed by atoms with Crippen LogP contribution < -0.4 is 15.4 Å². The fourth-order valence-electron chi connectivity index (χ4n) is 2.63. The van der Waals surface area contributed by atoms with E-state index in [9.17, 15) is 9.50 Å². The number of pyridine rings is 1. The van der Waals surface area contributed by atoms with Crippen LogP contribution in [-0.2, 0) is 12.1 Å². The third kappa shape index (κ3) is 7.75. The number of aromatic nitrogens is 1. The molecule has 9 heteroatoms. The molecular formula is C22H26FIN4O2S. The zero-order chi connectivity index (χ0) is 21.4. The molecule has 0 fully saturated rings. The van der Waals surface area contributed by atoms with Gasteiger partial charge in [-0.3, -0.25) is 0 Å². The van der Waals surface area contributed by atoms with Crippen molar-refractivity contribution in [2.45, 2.75) is 26.0 Å². The first kappa shape index (κ1) is 25.0. The lowest BCUT2D eigenvalue weighted by Crippen LogP contribution is -2.44. The van der Waals surface area contributed by atoms with Gasteiger partial charge in [0.05, 0.1) is 13.1 Å². The van der Waals surface area contributed by atoms with Crippen molar-refractivity contribution in [3.05, 3.63) is 76.4 Å². The maximum atomic E-state index is 13.0. The van der Waals surface area contributed by atoms with E-state index in [0.29, 0.717) is 37.2 Å². The van der Waals surface area contributed by atoms with Gasteiger partial charge in [-0.2, -0.15) is 11.3 Å². The number of aliphatic hydroxyl groups is 1. The molecule has 6 nitrogen and oxygen atoms in total. The van der Waals surface area contributed by atoms with Crippen molar-refractivity contribution in [3.63, 3.8) is 0 Å². The molecule has 1 unspecified atom stereocenters. The first-order valence-electron chi connectivity index (χ1n) is 9.62. The highest BCUT2D eigenvalue weighted by molar-refractivity contribution is 14.0. The first-order valence-corrected chi connectivity index (χ1v) is 10.6. The summed E-state index contributed by atoms with van der Waals surface area (Å²) in [6, 6.07) is 11.3. The number of nitrogens with one attached hydrogen (secondary N) is 2. The highest BCUT2D eigenvalue weighted by atomic mass is 127. The van der Waals surface area contributed by atoms with E-state index in [1.54, 1.807) is 42.7 Å². The van der Waals surface area contributed by atoms with E-state index in [1.807, 2.05) is 29.8 Å². The summed E-state index contributed by atoms with van der Waals surface area (Å²) in [6.07, 6.45) is 1.69. The van der Waals surface area contributed by atoms with Crippen molar-refractivity contribution >= 4 is 41.3 Å². The summed E-state index contributed by atoms with van der Waals surface area (Å²) < 4.78 is 18.6. The van der Waals surface area contributed by atoms with Crippen molar-refractivity contribution in [2.75, 3.05) is 13.1 Å². The van der Waals surface area contributed by atoms with Gasteiger partial charge in [-0.15, -0.1) is 24.0 Å². The second kappa shape index (κ2) is 12.0. The van der Waals surface area contributed by atoms with E-state index < -0.39 is 5.60 Å². The van der Waals surface area contributed by atoms with Gasteiger partial charge >= 0.3 is 0 Å². The first-order chi connectivity index (χ1) is 14.5. The highest BCUT2D eigenvalue weighted by Crippen LogP contribution is 2.22. The average molecular weight is 556 g/mol. The van der Waals surface area contributed by atoms with Crippen LogP contribution in [0.2, 0.25) is 0 Å². The van der Waals surface area contributed by atoms with Gasteiger partial charge < -0.3 is 20.5 Å². The molecule has 3 aromatic rings. The van der Waals surface area contributed by atoms with Crippen molar-refractivity contribution in [1.29, 1.82) is 0 Å². The Morgan fingerprint density at radius 3 is 2.58 bits per heavy atom. The SMILES string of the molecule is CCNC(=NCc1ccc(Oc2ccc(F)cc2)nc1)NCC(C)(O)c1ccsc1.I. The van der Waals surface area contributed by atoms with Crippen LogP contribution in [-0.4, -0.2) is 29.1 Å². The third-order valence-corrected chi connectivity index (χ3v) is 5.02. The molecular weight excluding hydrogens is 530 g/mol. The second-order valence-electron chi connectivity index (χ2n) is 6.90. The van der Waals surface area contributed by atoms with E-state index in [2.05, 4.69) is 20.6 Å². The zero-order valence-corrected chi connectivity index (χ0v) is 20.5. The predicted octanol–water partition coefficient (Wildman–Crippen LogP) is 4.66. The van der Waals surface area contributed by atoms with Crippen molar-refractivity contribution in [1.82, 2.24) is 15.6 Å². The van der Waals surface area contributed by atoms with Crippen molar-refractivity contribution in [3.8, 4) is 11.6 Å². The highest BCUT2D eigenvalue weighted by Gasteiger charge is 2.23. The molecule has 166 valence electrons. The Kier molecular flexibility index (Phi) is 9.66. The van der Waals surface area contributed by atoms with E-state index >= 15 is 0 Å². The van der Waals surface area contributed by atoms with Gasteiger partial charge in [-0.1, -0.05) is 6.07 Å². The number of benzene rings is 1. The number of halogens is 2. The maximum absolute atomic E-state index is 13.0. The molecule has 0 spiro atoms. The van der Waals surface area contributed by atoms with Gasteiger partial charge in [0.15, 0.2) is 5.96 Å². The molecule has 3 rings (SSSR count). The number of hydrogen-bond donors (Lipinski definition) is 3. The number of aliphatic imine (C=N–C) groups is 1. The van der Waals surface area contributed by atoms with E-state index in [4.69, 9.17) is 4.74 Å². The number of guanidine groups is 1. The molecule has 0 amide bonds. The molecule has 0 aliphatic heterocycles. The Labute approximate surface area is 202 Å². The summed E-state index contributed by atoms with van der Waals surface area (Å²) in [6.45, 7) is 5.21. The molecule has 1 aromatic carbocycles. The minimum Gasteiger partial charge on any atom is -0.439 e. The van der Waals surface area contributed by atoms with Gasteiger partial charge in [-0.05, 0) is 66.1 Å². The van der Waals surface area contributed by atoms with E-state index in [1.165, 1.54) is 12.1 Å². The standard InChI is InChI=1S/C22H25FN4O2S.HI/c1-3-24-21(27-15-22(2,28)17-10-11-30-14-17)26-13-16-4-9-20(25-12-16)29-19-7-5-18(23)6-8-19;/h4-12,14,28H,3,13,15H2,1-2H3,(H2,24,26,27);1H. The molecule has 0 saturated heterocycles. The largest absolute Gasteiger partial charge is 0.439 e. The van der Waals surface area contributed by atoms with Gasteiger partial charge in [0.25, 0.3) is 0 Å². The molecule has 0 radical (unpaired) electrons. The minimum absolute atomic E-state index is 0. The summed E-state index contributed by atoms with van der Waals surface area (Å²) in [4.78, 5) is 8.83. The lowest BCUT2D eigenvalue weighted by molar-refractivity contribution is 0.0621. The average Bonchev–Trinajstić information content (AvgIpc) is 3.29. The van der Waals surface area contributed by atoms with Crippen LogP contribution in [0.5, 0.6) is 11.6 Å².